The molecule has 0 radical (unpaired) electrons. The Kier molecular flexibility index (Phi) is 5.05. The van der Waals surface area contributed by atoms with Crippen LogP contribution in [0.15, 0.2) is 18.6 Å². The summed E-state index contributed by atoms with van der Waals surface area (Å²) in [6.45, 7) is 5.87. The van der Waals surface area contributed by atoms with Gasteiger partial charge in [0, 0.05) is 45.3 Å². The summed E-state index contributed by atoms with van der Waals surface area (Å²) in [4.78, 5) is 4.19. The van der Waals surface area contributed by atoms with Gasteiger partial charge in [0.1, 0.15) is 5.82 Å². The van der Waals surface area contributed by atoms with Crippen molar-refractivity contribution in [3.8, 4) is 0 Å². The Bertz CT molecular complexity index is 492. The standard InChI is InChI=1S/C12H20N6O/c1-11-14-3-5-17(11)6-7-18-10-12(15-16-18)9-13-4-8-19-2/h3,5,10,13H,4,6-9H2,1-2H3. The van der Waals surface area contributed by atoms with E-state index in [1.54, 1.807) is 7.11 Å². The zero-order valence-electron chi connectivity index (χ0n) is 11.4. The van der Waals surface area contributed by atoms with Gasteiger partial charge in [-0.05, 0) is 6.92 Å². The monoisotopic (exact) mass is 264 g/mol. The Balaban J connectivity index is 1.76. The van der Waals surface area contributed by atoms with E-state index in [1.807, 2.05) is 30.2 Å². The number of hydrogen-bond acceptors (Lipinski definition) is 5. The lowest BCUT2D eigenvalue weighted by molar-refractivity contribution is 0.199. The maximum Gasteiger partial charge on any atom is 0.105 e. The first-order valence-corrected chi connectivity index (χ1v) is 6.36. The molecule has 0 saturated carbocycles. The zero-order chi connectivity index (χ0) is 13.5. The van der Waals surface area contributed by atoms with Gasteiger partial charge in [-0.15, -0.1) is 5.10 Å². The summed E-state index contributed by atoms with van der Waals surface area (Å²) in [5, 5.41) is 11.5. The molecule has 2 aromatic rings. The van der Waals surface area contributed by atoms with Crippen molar-refractivity contribution in [2.75, 3.05) is 20.3 Å². The molecule has 0 saturated heterocycles. The molecule has 2 rings (SSSR count). The van der Waals surface area contributed by atoms with Gasteiger partial charge in [0.05, 0.1) is 18.8 Å². The van der Waals surface area contributed by atoms with Crippen LogP contribution in [0.2, 0.25) is 0 Å². The largest absolute Gasteiger partial charge is 0.383 e. The molecule has 0 atom stereocenters. The van der Waals surface area contributed by atoms with E-state index in [0.717, 1.165) is 31.2 Å². The molecule has 19 heavy (non-hydrogen) atoms. The van der Waals surface area contributed by atoms with Gasteiger partial charge in [0.15, 0.2) is 0 Å². The lowest BCUT2D eigenvalue weighted by Crippen LogP contribution is -2.18. The average Bonchev–Trinajstić information content (AvgIpc) is 3.01. The van der Waals surface area contributed by atoms with E-state index in [-0.39, 0.29) is 0 Å². The molecule has 0 bridgehead atoms. The van der Waals surface area contributed by atoms with E-state index < -0.39 is 0 Å². The summed E-state index contributed by atoms with van der Waals surface area (Å²) in [7, 11) is 1.69. The SMILES string of the molecule is COCCNCc1cn(CCn2ccnc2C)nn1. The highest BCUT2D eigenvalue weighted by Gasteiger charge is 2.01. The van der Waals surface area contributed by atoms with Crippen molar-refractivity contribution in [1.29, 1.82) is 0 Å². The van der Waals surface area contributed by atoms with Crippen LogP contribution in [0.3, 0.4) is 0 Å². The van der Waals surface area contributed by atoms with Gasteiger partial charge in [-0.3, -0.25) is 4.68 Å². The van der Waals surface area contributed by atoms with Gasteiger partial charge >= 0.3 is 0 Å². The van der Waals surface area contributed by atoms with Crippen LogP contribution in [0, 0.1) is 6.92 Å². The summed E-state index contributed by atoms with van der Waals surface area (Å²) < 4.78 is 8.91. The van der Waals surface area contributed by atoms with Crippen molar-refractivity contribution in [1.82, 2.24) is 29.9 Å². The second-order valence-electron chi connectivity index (χ2n) is 4.31. The molecule has 0 fully saturated rings. The molecule has 0 aliphatic rings. The summed E-state index contributed by atoms with van der Waals surface area (Å²) in [5.74, 6) is 1.02. The number of aromatic nitrogens is 5. The molecule has 0 spiro atoms. The predicted octanol–water partition coefficient (Wildman–Crippen LogP) is 0.219. The van der Waals surface area contributed by atoms with Crippen LogP contribution >= 0.6 is 0 Å². The van der Waals surface area contributed by atoms with E-state index >= 15 is 0 Å². The molecule has 104 valence electrons. The molecule has 2 aromatic heterocycles. The molecule has 0 unspecified atom stereocenters. The number of methoxy groups -OCH3 is 1. The van der Waals surface area contributed by atoms with Crippen molar-refractivity contribution in [3.63, 3.8) is 0 Å². The number of rotatable bonds is 8. The first-order valence-electron chi connectivity index (χ1n) is 6.36. The fourth-order valence-corrected chi connectivity index (χ4v) is 1.77. The van der Waals surface area contributed by atoms with Crippen molar-refractivity contribution in [2.45, 2.75) is 26.6 Å². The van der Waals surface area contributed by atoms with Crippen LogP contribution < -0.4 is 5.32 Å². The summed E-state index contributed by atoms with van der Waals surface area (Å²) in [6, 6.07) is 0. The molecular weight excluding hydrogens is 244 g/mol. The van der Waals surface area contributed by atoms with Crippen molar-refractivity contribution in [3.05, 3.63) is 30.1 Å². The number of aryl methyl sites for hydroxylation is 3. The van der Waals surface area contributed by atoms with E-state index in [2.05, 4.69) is 25.2 Å². The minimum absolute atomic E-state index is 0.702. The fourth-order valence-electron chi connectivity index (χ4n) is 1.77. The number of ether oxygens (including phenoxy) is 1. The van der Waals surface area contributed by atoms with Gasteiger partial charge in [-0.1, -0.05) is 5.21 Å². The fraction of sp³-hybridized carbons (Fsp3) is 0.583. The summed E-state index contributed by atoms with van der Waals surface area (Å²) in [6.07, 6.45) is 5.74. The molecule has 1 N–H and O–H groups in total. The second-order valence-corrected chi connectivity index (χ2v) is 4.31. The minimum Gasteiger partial charge on any atom is -0.383 e. The zero-order valence-corrected chi connectivity index (χ0v) is 11.4. The third-order valence-corrected chi connectivity index (χ3v) is 2.87. The Morgan fingerprint density at radius 3 is 3.00 bits per heavy atom. The first kappa shape index (κ1) is 13.7. The number of nitrogens with one attached hydrogen (secondary N) is 1. The third-order valence-electron chi connectivity index (χ3n) is 2.87. The smallest absolute Gasteiger partial charge is 0.105 e. The maximum absolute atomic E-state index is 4.96. The summed E-state index contributed by atoms with van der Waals surface area (Å²) >= 11 is 0. The van der Waals surface area contributed by atoms with Gasteiger partial charge in [-0.25, -0.2) is 4.98 Å². The Labute approximate surface area is 112 Å². The predicted molar refractivity (Wildman–Crippen MR) is 70.6 cm³/mol. The molecule has 0 aromatic carbocycles. The molecule has 7 nitrogen and oxygen atoms in total. The lowest BCUT2D eigenvalue weighted by Gasteiger charge is -2.04. The molecule has 0 aliphatic carbocycles. The Hall–Kier alpha value is -1.73. The number of imidazole rings is 1. The Morgan fingerprint density at radius 1 is 1.37 bits per heavy atom. The van der Waals surface area contributed by atoms with E-state index in [9.17, 15) is 0 Å². The van der Waals surface area contributed by atoms with Gasteiger partial charge in [0.25, 0.3) is 0 Å². The highest BCUT2D eigenvalue weighted by Crippen LogP contribution is 1.98. The van der Waals surface area contributed by atoms with Crippen molar-refractivity contribution in [2.24, 2.45) is 0 Å². The van der Waals surface area contributed by atoms with Gasteiger partial charge < -0.3 is 14.6 Å². The Morgan fingerprint density at radius 2 is 2.26 bits per heavy atom. The highest BCUT2D eigenvalue weighted by molar-refractivity contribution is 4.92. The first-order chi connectivity index (χ1) is 9.29. The van der Waals surface area contributed by atoms with Crippen LogP contribution in [0.25, 0.3) is 0 Å². The molecule has 2 heterocycles. The maximum atomic E-state index is 4.96. The van der Waals surface area contributed by atoms with Crippen LogP contribution in [0.5, 0.6) is 0 Å². The normalized spacial score (nSPS) is 11.1. The molecule has 7 heteroatoms. The number of hydrogen-bond donors (Lipinski definition) is 1. The van der Waals surface area contributed by atoms with E-state index in [1.165, 1.54) is 0 Å². The minimum atomic E-state index is 0.702. The average molecular weight is 264 g/mol. The van der Waals surface area contributed by atoms with Crippen LogP contribution in [0.4, 0.5) is 0 Å². The van der Waals surface area contributed by atoms with Gasteiger partial charge in [0.2, 0.25) is 0 Å². The lowest BCUT2D eigenvalue weighted by atomic mass is 10.4. The topological polar surface area (TPSA) is 69.8 Å². The van der Waals surface area contributed by atoms with E-state index in [4.69, 9.17) is 4.74 Å². The summed E-state index contributed by atoms with van der Waals surface area (Å²) in [5.41, 5.74) is 0.943. The van der Waals surface area contributed by atoms with Crippen LogP contribution in [-0.2, 0) is 24.4 Å². The third kappa shape index (κ3) is 4.15. The molecule has 0 aliphatic heterocycles. The van der Waals surface area contributed by atoms with Crippen LogP contribution in [-0.4, -0.2) is 44.8 Å². The van der Waals surface area contributed by atoms with Crippen molar-refractivity contribution >= 4 is 0 Å². The molecule has 0 amide bonds. The van der Waals surface area contributed by atoms with E-state index in [0.29, 0.717) is 13.2 Å². The highest BCUT2D eigenvalue weighted by atomic mass is 16.5. The molecular formula is C12H20N6O. The van der Waals surface area contributed by atoms with Gasteiger partial charge in [-0.2, -0.15) is 0 Å². The quantitative estimate of drug-likeness (QED) is 0.691. The van der Waals surface area contributed by atoms with Crippen LogP contribution in [0.1, 0.15) is 11.5 Å². The second kappa shape index (κ2) is 7.01. The number of nitrogens with zero attached hydrogens (tertiary/aromatic N) is 5. The van der Waals surface area contributed by atoms with Crippen molar-refractivity contribution < 1.29 is 4.74 Å².